The molecule has 0 heterocycles. The first-order chi connectivity index (χ1) is 5.02. The summed E-state index contributed by atoms with van der Waals surface area (Å²) in [6, 6.07) is 0. The van der Waals surface area contributed by atoms with E-state index in [4.69, 9.17) is 0 Å². The Kier molecular flexibility index (Phi) is 3.88. The van der Waals surface area contributed by atoms with E-state index in [9.17, 15) is 0 Å². The van der Waals surface area contributed by atoms with Crippen LogP contribution in [-0.2, 0) is 0 Å². The highest BCUT2D eigenvalue weighted by Crippen LogP contribution is 2.25. The number of hydrogen-bond acceptors (Lipinski definition) is 0. The molecule has 0 amide bonds. The summed E-state index contributed by atoms with van der Waals surface area (Å²) >= 11 is 0. The highest BCUT2D eigenvalue weighted by Gasteiger charge is 2.12. The Balaban J connectivity index is 4.61. The average Bonchev–Trinajstić information content (AvgIpc) is 1.85. The largest absolute Gasteiger partial charge is 0.0991 e. The molecule has 0 N–H and O–H groups in total. The maximum absolute atomic E-state index is 3.69. The first-order valence-corrected chi connectivity index (χ1v) is 3.98. The predicted octanol–water partition coefficient (Wildman–Crippen LogP) is 3.72. The van der Waals surface area contributed by atoms with Crippen molar-refractivity contribution in [3.63, 3.8) is 0 Å². The molecule has 0 radical (unpaired) electrons. The molecular weight excluding hydrogens is 132 g/mol. The molecule has 0 aliphatic carbocycles. The Morgan fingerprint density at radius 2 is 1.82 bits per heavy atom. The van der Waals surface area contributed by atoms with Gasteiger partial charge in [-0.05, 0) is 17.9 Å². The molecular formula is C11H18. The Labute approximate surface area is 70.3 Å². The minimum atomic E-state index is 0.223. The van der Waals surface area contributed by atoms with Gasteiger partial charge in [-0.25, -0.2) is 0 Å². The lowest BCUT2D eigenvalue weighted by Gasteiger charge is -2.19. The molecule has 11 heavy (non-hydrogen) atoms. The molecule has 0 spiro atoms. The van der Waals surface area contributed by atoms with Crippen LogP contribution >= 0.6 is 0 Å². The fourth-order valence-electron chi connectivity index (χ4n) is 0.862. The Bertz CT molecular complexity index is 175. The second-order valence-electron chi connectivity index (χ2n) is 3.61. The van der Waals surface area contributed by atoms with Crippen LogP contribution in [0.5, 0.6) is 0 Å². The molecule has 0 aromatic rings. The van der Waals surface area contributed by atoms with E-state index < -0.39 is 0 Å². The second-order valence-corrected chi connectivity index (χ2v) is 3.61. The highest BCUT2D eigenvalue weighted by molar-refractivity contribution is 5.27. The van der Waals surface area contributed by atoms with E-state index >= 15 is 0 Å². The smallest absolute Gasteiger partial charge is 0.0132 e. The highest BCUT2D eigenvalue weighted by atomic mass is 14.2. The van der Waals surface area contributed by atoms with Gasteiger partial charge >= 0.3 is 0 Å². The summed E-state index contributed by atoms with van der Waals surface area (Å²) < 4.78 is 0. The van der Waals surface area contributed by atoms with E-state index in [1.807, 2.05) is 13.0 Å². The van der Waals surface area contributed by atoms with E-state index in [0.717, 1.165) is 0 Å². The zero-order chi connectivity index (χ0) is 8.91. The number of hydrogen-bond donors (Lipinski definition) is 0. The van der Waals surface area contributed by atoms with Gasteiger partial charge in [0.15, 0.2) is 0 Å². The van der Waals surface area contributed by atoms with Crippen LogP contribution in [0.1, 0.15) is 27.7 Å². The molecule has 0 fully saturated rings. The van der Waals surface area contributed by atoms with Crippen molar-refractivity contribution in [3.8, 4) is 0 Å². The van der Waals surface area contributed by atoms with Gasteiger partial charge in [0.1, 0.15) is 0 Å². The van der Waals surface area contributed by atoms with Crippen LogP contribution in [0.25, 0.3) is 0 Å². The second kappa shape index (κ2) is 4.17. The summed E-state index contributed by atoms with van der Waals surface area (Å²) in [7, 11) is 0. The summed E-state index contributed by atoms with van der Waals surface area (Å²) in [5, 5.41) is 0. The van der Waals surface area contributed by atoms with E-state index in [2.05, 4.69) is 45.6 Å². The standard InChI is InChI=1S/C11H18/c1-6-8-10(9-7-2)11(3,4)5/h6-9H,1H2,2-5H3/b9-7?,10-8+. The van der Waals surface area contributed by atoms with Crippen LogP contribution < -0.4 is 0 Å². The van der Waals surface area contributed by atoms with Gasteiger partial charge in [0.25, 0.3) is 0 Å². The van der Waals surface area contributed by atoms with E-state index in [1.165, 1.54) is 5.57 Å². The predicted molar refractivity (Wildman–Crippen MR) is 52.5 cm³/mol. The van der Waals surface area contributed by atoms with Crippen molar-refractivity contribution in [1.29, 1.82) is 0 Å². The minimum Gasteiger partial charge on any atom is -0.0991 e. The monoisotopic (exact) mass is 150 g/mol. The van der Waals surface area contributed by atoms with E-state index in [-0.39, 0.29) is 5.41 Å². The van der Waals surface area contributed by atoms with Crippen molar-refractivity contribution in [3.05, 3.63) is 36.5 Å². The van der Waals surface area contributed by atoms with Crippen molar-refractivity contribution in [2.75, 3.05) is 0 Å². The van der Waals surface area contributed by atoms with Crippen molar-refractivity contribution < 1.29 is 0 Å². The van der Waals surface area contributed by atoms with Crippen molar-refractivity contribution in [2.45, 2.75) is 27.7 Å². The Hall–Kier alpha value is -0.780. The molecule has 0 nitrogen and oxygen atoms in total. The number of rotatable bonds is 2. The van der Waals surface area contributed by atoms with Crippen molar-refractivity contribution in [1.82, 2.24) is 0 Å². The third-order valence-corrected chi connectivity index (χ3v) is 1.51. The van der Waals surface area contributed by atoms with Gasteiger partial charge < -0.3 is 0 Å². The van der Waals surface area contributed by atoms with Crippen LogP contribution in [-0.4, -0.2) is 0 Å². The summed E-state index contributed by atoms with van der Waals surface area (Å²) in [4.78, 5) is 0. The van der Waals surface area contributed by atoms with Gasteiger partial charge in [-0.1, -0.05) is 51.7 Å². The SMILES string of the molecule is C=C/C=C(\C=CC)C(C)(C)C. The molecule has 62 valence electrons. The molecule has 0 heteroatoms. The third-order valence-electron chi connectivity index (χ3n) is 1.51. The fraction of sp³-hybridized carbons (Fsp3) is 0.455. The molecule has 0 aromatic carbocycles. The number of allylic oxidation sites excluding steroid dienone is 5. The molecule has 0 atom stereocenters. The van der Waals surface area contributed by atoms with Gasteiger partial charge in [-0.3, -0.25) is 0 Å². The van der Waals surface area contributed by atoms with E-state index in [0.29, 0.717) is 0 Å². The zero-order valence-electron chi connectivity index (χ0n) is 8.02. The molecule has 0 saturated heterocycles. The molecule has 0 aliphatic rings. The Morgan fingerprint density at radius 3 is 2.09 bits per heavy atom. The van der Waals surface area contributed by atoms with Gasteiger partial charge in [-0.2, -0.15) is 0 Å². The average molecular weight is 150 g/mol. The normalized spacial score (nSPS) is 14.0. The third kappa shape index (κ3) is 3.82. The molecule has 0 aromatic heterocycles. The Morgan fingerprint density at radius 1 is 1.27 bits per heavy atom. The van der Waals surface area contributed by atoms with Gasteiger partial charge in [0.05, 0.1) is 0 Å². The molecule has 0 unspecified atom stereocenters. The molecule has 0 saturated carbocycles. The van der Waals surface area contributed by atoms with Gasteiger partial charge in [0, 0.05) is 0 Å². The summed E-state index contributed by atoms with van der Waals surface area (Å²) in [5.74, 6) is 0. The van der Waals surface area contributed by atoms with Crippen LogP contribution in [0.3, 0.4) is 0 Å². The lowest BCUT2D eigenvalue weighted by atomic mass is 9.86. The van der Waals surface area contributed by atoms with Crippen molar-refractivity contribution >= 4 is 0 Å². The summed E-state index contributed by atoms with van der Waals surface area (Å²) in [6.07, 6.45) is 8.07. The molecule has 0 rings (SSSR count). The van der Waals surface area contributed by atoms with Gasteiger partial charge in [0.2, 0.25) is 0 Å². The fourth-order valence-corrected chi connectivity index (χ4v) is 0.862. The van der Waals surface area contributed by atoms with Crippen molar-refractivity contribution in [2.24, 2.45) is 5.41 Å². The van der Waals surface area contributed by atoms with Crippen LogP contribution in [0, 0.1) is 5.41 Å². The summed E-state index contributed by atoms with van der Waals surface area (Å²) in [5.41, 5.74) is 1.54. The van der Waals surface area contributed by atoms with Crippen LogP contribution in [0.2, 0.25) is 0 Å². The quantitative estimate of drug-likeness (QED) is 0.526. The lowest BCUT2D eigenvalue weighted by Crippen LogP contribution is -2.06. The first kappa shape index (κ1) is 10.2. The van der Waals surface area contributed by atoms with Gasteiger partial charge in [-0.15, -0.1) is 0 Å². The topological polar surface area (TPSA) is 0 Å². The molecule has 0 bridgehead atoms. The van der Waals surface area contributed by atoms with Crippen LogP contribution in [0.4, 0.5) is 0 Å². The van der Waals surface area contributed by atoms with Crippen LogP contribution in [0.15, 0.2) is 36.5 Å². The maximum atomic E-state index is 3.69. The zero-order valence-corrected chi connectivity index (χ0v) is 8.02. The molecule has 0 aliphatic heterocycles. The first-order valence-electron chi connectivity index (χ1n) is 3.98. The minimum absolute atomic E-state index is 0.223. The lowest BCUT2D eigenvalue weighted by molar-refractivity contribution is 0.517. The van der Waals surface area contributed by atoms with E-state index in [1.54, 1.807) is 0 Å². The summed E-state index contributed by atoms with van der Waals surface area (Å²) in [6.45, 7) is 12.3. The maximum Gasteiger partial charge on any atom is -0.0132 e.